The van der Waals surface area contributed by atoms with Crippen molar-refractivity contribution in [2.24, 2.45) is 0 Å². The van der Waals surface area contributed by atoms with Gasteiger partial charge in [0.1, 0.15) is 6.61 Å². The third kappa shape index (κ3) is 3.60. The van der Waals surface area contributed by atoms with Gasteiger partial charge in [0.15, 0.2) is 5.82 Å². The molecule has 0 amide bonds. The van der Waals surface area contributed by atoms with Crippen molar-refractivity contribution in [1.29, 1.82) is 0 Å². The number of rotatable bonds is 6. The van der Waals surface area contributed by atoms with Gasteiger partial charge < -0.3 is 14.4 Å². The summed E-state index contributed by atoms with van der Waals surface area (Å²) in [6, 6.07) is 0. The maximum Gasteiger partial charge on any atom is 0.232 e. The van der Waals surface area contributed by atoms with Crippen LogP contribution < -0.4 is 0 Å². The lowest BCUT2D eigenvalue weighted by Crippen LogP contribution is -2.11. The van der Waals surface area contributed by atoms with Crippen molar-refractivity contribution in [2.45, 2.75) is 45.8 Å². The SMILES string of the molecule is CCCOCc1noc(C(C)C(C)O)n1. The predicted octanol–water partition coefficient (Wildman–Crippen LogP) is 1.48. The molecule has 86 valence electrons. The van der Waals surface area contributed by atoms with Gasteiger partial charge in [-0.15, -0.1) is 0 Å². The topological polar surface area (TPSA) is 68.4 Å². The molecule has 1 aromatic heterocycles. The van der Waals surface area contributed by atoms with Crippen molar-refractivity contribution in [3.05, 3.63) is 11.7 Å². The smallest absolute Gasteiger partial charge is 0.232 e. The summed E-state index contributed by atoms with van der Waals surface area (Å²) in [5.74, 6) is 0.850. The van der Waals surface area contributed by atoms with Gasteiger partial charge in [0.2, 0.25) is 5.89 Å². The Morgan fingerprint density at radius 3 is 2.80 bits per heavy atom. The molecule has 2 unspecified atom stereocenters. The Morgan fingerprint density at radius 2 is 2.20 bits per heavy atom. The van der Waals surface area contributed by atoms with Gasteiger partial charge in [-0.25, -0.2) is 0 Å². The quantitative estimate of drug-likeness (QED) is 0.726. The minimum atomic E-state index is -0.491. The first-order chi connectivity index (χ1) is 7.15. The number of ether oxygens (including phenoxy) is 1. The molecule has 0 saturated carbocycles. The van der Waals surface area contributed by atoms with Crippen LogP contribution in [0.1, 0.15) is 44.8 Å². The molecule has 0 saturated heterocycles. The van der Waals surface area contributed by atoms with Crippen molar-refractivity contribution in [1.82, 2.24) is 10.1 Å². The second-order valence-electron chi connectivity index (χ2n) is 3.63. The van der Waals surface area contributed by atoms with E-state index < -0.39 is 6.10 Å². The Labute approximate surface area is 89.4 Å². The molecule has 0 fully saturated rings. The second-order valence-corrected chi connectivity index (χ2v) is 3.63. The van der Waals surface area contributed by atoms with Crippen molar-refractivity contribution in [2.75, 3.05) is 6.61 Å². The first-order valence-electron chi connectivity index (χ1n) is 5.23. The molecule has 0 aliphatic heterocycles. The van der Waals surface area contributed by atoms with Crippen LogP contribution in [-0.2, 0) is 11.3 Å². The number of hydrogen-bond donors (Lipinski definition) is 1. The van der Waals surface area contributed by atoms with E-state index in [2.05, 4.69) is 10.1 Å². The minimum absolute atomic E-state index is 0.141. The fraction of sp³-hybridized carbons (Fsp3) is 0.800. The van der Waals surface area contributed by atoms with Crippen molar-refractivity contribution < 1.29 is 14.4 Å². The predicted molar refractivity (Wildman–Crippen MR) is 54.3 cm³/mol. The van der Waals surface area contributed by atoms with Crippen molar-refractivity contribution >= 4 is 0 Å². The fourth-order valence-electron chi connectivity index (χ4n) is 1.03. The van der Waals surface area contributed by atoms with E-state index in [9.17, 15) is 5.11 Å². The van der Waals surface area contributed by atoms with Gasteiger partial charge in [0.25, 0.3) is 0 Å². The molecule has 5 nitrogen and oxygen atoms in total. The zero-order chi connectivity index (χ0) is 11.3. The van der Waals surface area contributed by atoms with E-state index in [-0.39, 0.29) is 5.92 Å². The van der Waals surface area contributed by atoms with Crippen LogP contribution in [0.15, 0.2) is 4.52 Å². The molecule has 15 heavy (non-hydrogen) atoms. The standard InChI is InChI=1S/C10H18N2O3/c1-4-5-14-6-9-11-10(15-12-9)7(2)8(3)13/h7-8,13H,4-6H2,1-3H3. The summed E-state index contributed by atoms with van der Waals surface area (Å²) in [4.78, 5) is 4.14. The van der Waals surface area contributed by atoms with E-state index in [4.69, 9.17) is 9.26 Å². The van der Waals surface area contributed by atoms with Crippen LogP contribution in [0, 0.1) is 0 Å². The maximum atomic E-state index is 9.34. The third-order valence-corrected chi connectivity index (χ3v) is 2.18. The lowest BCUT2D eigenvalue weighted by atomic mass is 10.1. The minimum Gasteiger partial charge on any atom is -0.393 e. The van der Waals surface area contributed by atoms with Crippen LogP contribution >= 0.6 is 0 Å². The molecule has 0 bridgehead atoms. The molecule has 5 heteroatoms. The second kappa shape index (κ2) is 5.82. The van der Waals surface area contributed by atoms with Gasteiger partial charge in [0, 0.05) is 6.61 Å². The molecular weight excluding hydrogens is 196 g/mol. The Balaban J connectivity index is 2.48. The highest BCUT2D eigenvalue weighted by Crippen LogP contribution is 2.16. The molecule has 0 aliphatic rings. The van der Waals surface area contributed by atoms with Gasteiger partial charge in [-0.2, -0.15) is 4.98 Å². The molecule has 2 atom stereocenters. The first kappa shape index (κ1) is 12.1. The van der Waals surface area contributed by atoms with Crippen LogP contribution in [0.4, 0.5) is 0 Å². The Hall–Kier alpha value is -0.940. The fourth-order valence-corrected chi connectivity index (χ4v) is 1.03. The van der Waals surface area contributed by atoms with Gasteiger partial charge >= 0.3 is 0 Å². The van der Waals surface area contributed by atoms with Crippen molar-refractivity contribution in [3.8, 4) is 0 Å². The molecule has 1 heterocycles. The lowest BCUT2D eigenvalue weighted by molar-refractivity contribution is 0.114. The number of aromatic nitrogens is 2. The Morgan fingerprint density at radius 1 is 1.47 bits per heavy atom. The van der Waals surface area contributed by atoms with E-state index in [1.807, 2.05) is 13.8 Å². The summed E-state index contributed by atoms with van der Waals surface area (Å²) in [6.07, 6.45) is 0.476. The normalized spacial score (nSPS) is 15.2. The summed E-state index contributed by atoms with van der Waals surface area (Å²) in [5.41, 5.74) is 0. The highest BCUT2D eigenvalue weighted by Gasteiger charge is 2.18. The van der Waals surface area contributed by atoms with Gasteiger partial charge in [0.05, 0.1) is 12.0 Å². The van der Waals surface area contributed by atoms with Crippen LogP contribution in [0.25, 0.3) is 0 Å². The third-order valence-electron chi connectivity index (χ3n) is 2.18. The molecule has 0 spiro atoms. The summed E-state index contributed by atoms with van der Waals surface area (Å²) < 4.78 is 10.3. The van der Waals surface area contributed by atoms with E-state index >= 15 is 0 Å². The Bertz CT molecular complexity index is 286. The number of aliphatic hydroxyl groups is 1. The maximum absolute atomic E-state index is 9.34. The van der Waals surface area contributed by atoms with E-state index in [1.165, 1.54) is 0 Å². The summed E-state index contributed by atoms with van der Waals surface area (Å²) >= 11 is 0. The highest BCUT2D eigenvalue weighted by molar-refractivity contribution is 4.93. The van der Waals surface area contributed by atoms with Crippen LogP contribution in [0.2, 0.25) is 0 Å². The van der Waals surface area contributed by atoms with E-state index in [0.717, 1.165) is 6.42 Å². The lowest BCUT2D eigenvalue weighted by Gasteiger charge is -2.07. The van der Waals surface area contributed by atoms with Crippen LogP contribution in [0.5, 0.6) is 0 Å². The van der Waals surface area contributed by atoms with Gasteiger partial charge in [-0.1, -0.05) is 19.0 Å². The Kier molecular flexibility index (Phi) is 4.71. The monoisotopic (exact) mass is 214 g/mol. The first-order valence-corrected chi connectivity index (χ1v) is 5.23. The highest BCUT2D eigenvalue weighted by atomic mass is 16.5. The molecule has 1 N–H and O–H groups in total. The number of aliphatic hydroxyl groups excluding tert-OH is 1. The molecule has 0 aromatic carbocycles. The number of nitrogens with zero attached hydrogens (tertiary/aromatic N) is 2. The summed E-state index contributed by atoms with van der Waals surface area (Å²) in [5, 5.41) is 13.1. The summed E-state index contributed by atoms with van der Waals surface area (Å²) in [6.45, 7) is 6.63. The largest absolute Gasteiger partial charge is 0.393 e. The zero-order valence-corrected chi connectivity index (χ0v) is 9.43. The zero-order valence-electron chi connectivity index (χ0n) is 9.43. The average molecular weight is 214 g/mol. The molecule has 0 aliphatic carbocycles. The number of hydrogen-bond acceptors (Lipinski definition) is 5. The van der Waals surface area contributed by atoms with Gasteiger partial charge in [-0.3, -0.25) is 0 Å². The van der Waals surface area contributed by atoms with Crippen molar-refractivity contribution in [3.63, 3.8) is 0 Å². The van der Waals surface area contributed by atoms with E-state index in [0.29, 0.717) is 24.9 Å². The molecule has 0 radical (unpaired) electrons. The van der Waals surface area contributed by atoms with Gasteiger partial charge in [-0.05, 0) is 13.3 Å². The average Bonchev–Trinajstić information content (AvgIpc) is 2.65. The van der Waals surface area contributed by atoms with Crippen LogP contribution in [0.3, 0.4) is 0 Å². The summed E-state index contributed by atoms with van der Waals surface area (Å²) in [7, 11) is 0. The molecular formula is C10H18N2O3. The molecule has 1 rings (SSSR count). The van der Waals surface area contributed by atoms with Crippen LogP contribution in [-0.4, -0.2) is 28.0 Å². The van der Waals surface area contributed by atoms with E-state index in [1.54, 1.807) is 6.92 Å². The molecule has 1 aromatic rings.